The van der Waals surface area contributed by atoms with Crippen molar-refractivity contribution in [3.05, 3.63) is 77.6 Å². The number of alkyl halides is 2. The van der Waals surface area contributed by atoms with E-state index < -0.39 is 24.3 Å². The number of carbonyl (C=O) groups excluding carboxylic acids is 3. The molecule has 1 aromatic heterocycles. The quantitative estimate of drug-likeness (QED) is 0.357. The first kappa shape index (κ1) is 20.3. The highest BCUT2D eigenvalue weighted by Gasteiger charge is 2.24. The van der Waals surface area contributed by atoms with Crippen LogP contribution in [0.3, 0.4) is 0 Å². The molecule has 0 radical (unpaired) electrons. The van der Waals surface area contributed by atoms with Crippen molar-refractivity contribution in [2.24, 2.45) is 0 Å². The largest absolute Gasteiger partial charge is 0.456 e. The molecule has 3 aromatic rings. The van der Waals surface area contributed by atoms with Crippen LogP contribution in [0.4, 0.5) is 8.78 Å². The molecule has 0 atom stereocenters. The van der Waals surface area contributed by atoms with E-state index in [1.165, 1.54) is 12.1 Å². The molecule has 2 aromatic carbocycles. The van der Waals surface area contributed by atoms with Gasteiger partial charge in [0, 0.05) is 29.7 Å². The molecule has 0 bridgehead atoms. The van der Waals surface area contributed by atoms with E-state index in [1.807, 2.05) is 6.07 Å². The van der Waals surface area contributed by atoms with E-state index in [9.17, 15) is 23.2 Å². The number of fused-ring (bicyclic) bond motifs is 1. The topological polar surface area (TPSA) is 86.6 Å². The van der Waals surface area contributed by atoms with Crippen LogP contribution in [0.2, 0.25) is 0 Å². The SMILES string of the molecule is O=C1C=C(NC(=O)C(=O)c2cn(Cc3ccc(OC(F)F)cc3)c3ccccc23)CO1. The maximum absolute atomic E-state index is 12.8. The van der Waals surface area contributed by atoms with Crippen molar-refractivity contribution >= 4 is 28.6 Å². The number of ether oxygens (including phenoxy) is 2. The third-order valence-electron chi connectivity index (χ3n) is 4.68. The zero-order valence-corrected chi connectivity index (χ0v) is 16.0. The number of esters is 1. The van der Waals surface area contributed by atoms with Gasteiger partial charge in [-0.3, -0.25) is 9.59 Å². The second-order valence-corrected chi connectivity index (χ2v) is 6.77. The van der Waals surface area contributed by atoms with E-state index in [0.717, 1.165) is 17.2 Å². The van der Waals surface area contributed by atoms with Crippen molar-refractivity contribution < 1.29 is 32.6 Å². The minimum absolute atomic E-state index is 0.0485. The summed E-state index contributed by atoms with van der Waals surface area (Å²) in [4.78, 5) is 36.3. The molecular formula is C22H16F2N2O5. The maximum Gasteiger partial charge on any atom is 0.387 e. The van der Waals surface area contributed by atoms with Crippen LogP contribution in [0, 0.1) is 0 Å². The molecular weight excluding hydrogens is 410 g/mol. The lowest BCUT2D eigenvalue weighted by molar-refractivity contribution is -0.135. The summed E-state index contributed by atoms with van der Waals surface area (Å²) in [7, 11) is 0. The summed E-state index contributed by atoms with van der Waals surface area (Å²) in [6.45, 7) is -2.65. The lowest BCUT2D eigenvalue weighted by Crippen LogP contribution is -2.31. The van der Waals surface area contributed by atoms with Gasteiger partial charge >= 0.3 is 12.6 Å². The number of hydrogen-bond donors (Lipinski definition) is 1. The van der Waals surface area contributed by atoms with Gasteiger partial charge in [0.05, 0.1) is 11.3 Å². The van der Waals surface area contributed by atoms with E-state index in [0.29, 0.717) is 11.9 Å². The van der Waals surface area contributed by atoms with Gasteiger partial charge in [-0.25, -0.2) is 4.79 Å². The van der Waals surface area contributed by atoms with Gasteiger partial charge in [0.25, 0.3) is 11.7 Å². The van der Waals surface area contributed by atoms with Crippen molar-refractivity contribution in [2.75, 3.05) is 6.61 Å². The van der Waals surface area contributed by atoms with E-state index in [1.54, 1.807) is 41.1 Å². The summed E-state index contributed by atoms with van der Waals surface area (Å²) >= 11 is 0. The van der Waals surface area contributed by atoms with E-state index >= 15 is 0 Å². The predicted molar refractivity (Wildman–Crippen MR) is 106 cm³/mol. The lowest BCUT2D eigenvalue weighted by Gasteiger charge is -2.08. The number of benzene rings is 2. The van der Waals surface area contributed by atoms with Crippen LogP contribution in [0.5, 0.6) is 5.75 Å². The molecule has 158 valence electrons. The number of hydrogen-bond acceptors (Lipinski definition) is 5. The number of ketones is 1. The Hall–Kier alpha value is -4.01. The third-order valence-corrected chi connectivity index (χ3v) is 4.68. The molecule has 2 heterocycles. The Bertz CT molecular complexity index is 1200. The summed E-state index contributed by atoms with van der Waals surface area (Å²) in [5, 5.41) is 2.99. The number of halogens is 2. The van der Waals surface area contributed by atoms with Crippen molar-refractivity contribution in [2.45, 2.75) is 13.2 Å². The van der Waals surface area contributed by atoms with Crippen molar-refractivity contribution in [3.63, 3.8) is 0 Å². The second kappa shape index (κ2) is 8.39. The zero-order chi connectivity index (χ0) is 22.0. The molecule has 1 N–H and O–H groups in total. The van der Waals surface area contributed by atoms with Gasteiger partial charge < -0.3 is 19.4 Å². The number of para-hydroxylation sites is 1. The van der Waals surface area contributed by atoms with Gasteiger partial charge in [-0.1, -0.05) is 30.3 Å². The van der Waals surface area contributed by atoms with Crippen LogP contribution in [0.1, 0.15) is 15.9 Å². The summed E-state index contributed by atoms with van der Waals surface area (Å²) in [6.07, 6.45) is 2.69. The van der Waals surface area contributed by atoms with Crippen LogP contribution in [-0.2, 0) is 20.9 Å². The molecule has 0 fully saturated rings. The second-order valence-electron chi connectivity index (χ2n) is 6.77. The first-order valence-electron chi connectivity index (χ1n) is 9.25. The molecule has 0 saturated heterocycles. The first-order chi connectivity index (χ1) is 14.9. The highest BCUT2D eigenvalue weighted by atomic mass is 19.3. The Morgan fingerprint density at radius 3 is 2.55 bits per heavy atom. The number of amides is 1. The number of Topliss-reactive ketones (excluding diaryl/α,β-unsaturated/α-hetero) is 1. The average molecular weight is 426 g/mol. The average Bonchev–Trinajstić information content (AvgIpc) is 3.32. The lowest BCUT2D eigenvalue weighted by atomic mass is 10.1. The van der Waals surface area contributed by atoms with E-state index in [4.69, 9.17) is 4.74 Å². The normalized spacial score (nSPS) is 13.3. The molecule has 0 spiro atoms. The fraction of sp³-hybridized carbons (Fsp3) is 0.136. The van der Waals surface area contributed by atoms with Crippen LogP contribution in [0.15, 0.2) is 66.5 Å². The molecule has 0 unspecified atom stereocenters. The first-order valence-corrected chi connectivity index (χ1v) is 9.25. The van der Waals surface area contributed by atoms with Gasteiger partial charge in [-0.05, 0) is 23.8 Å². The molecule has 31 heavy (non-hydrogen) atoms. The Kier molecular flexibility index (Phi) is 5.48. The number of rotatable bonds is 7. The van der Waals surface area contributed by atoms with Gasteiger partial charge in [-0.15, -0.1) is 0 Å². The molecule has 1 aliphatic rings. The van der Waals surface area contributed by atoms with Crippen LogP contribution >= 0.6 is 0 Å². The minimum atomic E-state index is -2.90. The number of nitrogens with one attached hydrogen (secondary N) is 1. The number of nitrogens with zero attached hydrogens (tertiary/aromatic N) is 1. The molecule has 4 rings (SSSR count). The molecule has 1 amide bonds. The monoisotopic (exact) mass is 426 g/mol. The van der Waals surface area contributed by atoms with Crippen LogP contribution in [0.25, 0.3) is 10.9 Å². The molecule has 0 saturated carbocycles. The minimum Gasteiger partial charge on any atom is -0.456 e. The zero-order valence-electron chi connectivity index (χ0n) is 16.0. The summed E-state index contributed by atoms with van der Waals surface area (Å²) in [5.74, 6) is -2.16. The van der Waals surface area contributed by atoms with Gasteiger partial charge in [0.1, 0.15) is 12.4 Å². The molecule has 0 aliphatic carbocycles. The molecule has 7 nitrogen and oxygen atoms in total. The Morgan fingerprint density at radius 1 is 1.13 bits per heavy atom. The Labute approximate surface area is 174 Å². The van der Waals surface area contributed by atoms with Crippen molar-refractivity contribution in [1.82, 2.24) is 9.88 Å². The summed E-state index contributed by atoms with van der Waals surface area (Å²) in [6, 6.07) is 13.3. The Balaban J connectivity index is 1.58. The smallest absolute Gasteiger partial charge is 0.387 e. The maximum atomic E-state index is 12.8. The number of aromatic nitrogens is 1. The predicted octanol–water partition coefficient (Wildman–Crippen LogP) is 3.03. The summed E-state index contributed by atoms with van der Waals surface area (Å²) in [5.41, 5.74) is 1.94. The highest BCUT2D eigenvalue weighted by Crippen LogP contribution is 2.24. The Morgan fingerprint density at radius 2 is 1.87 bits per heavy atom. The van der Waals surface area contributed by atoms with Crippen molar-refractivity contribution in [3.8, 4) is 5.75 Å². The molecule has 1 aliphatic heterocycles. The van der Waals surface area contributed by atoms with E-state index in [-0.39, 0.29) is 23.6 Å². The fourth-order valence-electron chi connectivity index (χ4n) is 3.30. The van der Waals surface area contributed by atoms with Crippen LogP contribution in [-0.4, -0.2) is 35.4 Å². The van der Waals surface area contributed by atoms with Gasteiger partial charge in [0.15, 0.2) is 0 Å². The van der Waals surface area contributed by atoms with E-state index in [2.05, 4.69) is 10.1 Å². The highest BCUT2D eigenvalue weighted by molar-refractivity contribution is 6.45. The third kappa shape index (κ3) is 4.45. The van der Waals surface area contributed by atoms with Crippen LogP contribution < -0.4 is 10.1 Å². The summed E-state index contributed by atoms with van der Waals surface area (Å²) < 4.78 is 35.5. The standard InChI is InChI=1S/C22H16F2N2O5/c23-22(24)31-15-7-5-13(6-8-15)10-26-11-17(16-3-1-2-4-18(16)26)20(28)21(29)25-14-9-19(27)30-12-14/h1-9,11,22H,10,12H2,(H,25,29). The number of cyclic esters (lactones) is 1. The molecule has 9 heteroatoms. The fourth-order valence-corrected chi connectivity index (χ4v) is 3.30. The van der Waals surface area contributed by atoms with Gasteiger partial charge in [-0.2, -0.15) is 8.78 Å². The van der Waals surface area contributed by atoms with Crippen molar-refractivity contribution in [1.29, 1.82) is 0 Å². The van der Waals surface area contributed by atoms with Gasteiger partial charge in [0.2, 0.25) is 0 Å². The number of carbonyl (C=O) groups is 3.